The summed E-state index contributed by atoms with van der Waals surface area (Å²) >= 11 is 0. The van der Waals surface area contributed by atoms with Crippen molar-refractivity contribution in [1.29, 1.82) is 0 Å². The second kappa shape index (κ2) is 5.14. The number of carboxylic acid groups (broad SMARTS) is 1. The summed E-state index contributed by atoms with van der Waals surface area (Å²) in [4.78, 5) is 26.2. The van der Waals surface area contributed by atoms with Gasteiger partial charge in [-0.15, -0.1) is 0 Å². The van der Waals surface area contributed by atoms with Crippen LogP contribution in [0.15, 0.2) is 0 Å². The van der Waals surface area contributed by atoms with Gasteiger partial charge < -0.3 is 20.0 Å². The Balaban J connectivity index is 2.06. The van der Waals surface area contributed by atoms with Crippen molar-refractivity contribution in [2.45, 2.75) is 50.8 Å². The van der Waals surface area contributed by atoms with Gasteiger partial charge >= 0.3 is 12.0 Å². The van der Waals surface area contributed by atoms with Crippen molar-refractivity contribution in [3.8, 4) is 0 Å². The van der Waals surface area contributed by atoms with Gasteiger partial charge in [-0.3, -0.25) is 4.79 Å². The number of nitrogens with zero attached hydrogens (tertiary/aromatic N) is 2. The van der Waals surface area contributed by atoms with E-state index in [1.165, 1.54) is 4.90 Å². The summed E-state index contributed by atoms with van der Waals surface area (Å²) in [6.45, 7) is 1.92. The van der Waals surface area contributed by atoms with Gasteiger partial charge in [0.25, 0.3) is 0 Å². The van der Waals surface area contributed by atoms with E-state index in [0.717, 1.165) is 12.8 Å². The van der Waals surface area contributed by atoms with Crippen LogP contribution in [0.5, 0.6) is 0 Å². The molecule has 0 aromatic heterocycles. The molecular weight excluding hydrogens is 236 g/mol. The lowest BCUT2D eigenvalue weighted by molar-refractivity contribution is -0.137. The zero-order valence-corrected chi connectivity index (χ0v) is 10.6. The maximum atomic E-state index is 12.3. The smallest absolute Gasteiger partial charge is 0.323 e. The first-order valence-electron chi connectivity index (χ1n) is 6.50. The molecule has 2 aliphatic rings. The van der Waals surface area contributed by atoms with Crippen LogP contribution in [0.25, 0.3) is 0 Å². The largest absolute Gasteiger partial charge is 0.480 e. The molecule has 102 valence electrons. The average molecular weight is 256 g/mol. The van der Waals surface area contributed by atoms with E-state index in [0.29, 0.717) is 19.4 Å². The molecule has 2 bridgehead atoms. The second-order valence-corrected chi connectivity index (χ2v) is 5.11. The number of hydrogen-bond donors (Lipinski definition) is 2. The number of carbonyl (C=O) groups is 2. The van der Waals surface area contributed by atoms with Crippen molar-refractivity contribution in [2.75, 3.05) is 13.1 Å². The second-order valence-electron chi connectivity index (χ2n) is 5.11. The van der Waals surface area contributed by atoms with Gasteiger partial charge in [0.15, 0.2) is 0 Å². The summed E-state index contributed by atoms with van der Waals surface area (Å²) in [7, 11) is 0. The lowest BCUT2D eigenvalue weighted by Crippen LogP contribution is -2.54. The number of hydrogen-bond acceptors (Lipinski definition) is 3. The van der Waals surface area contributed by atoms with E-state index in [1.807, 2.05) is 0 Å². The Morgan fingerprint density at radius 1 is 1.28 bits per heavy atom. The first-order valence-corrected chi connectivity index (χ1v) is 6.50. The summed E-state index contributed by atoms with van der Waals surface area (Å²) in [5.41, 5.74) is 0. The fourth-order valence-corrected chi connectivity index (χ4v) is 3.10. The van der Waals surface area contributed by atoms with E-state index in [9.17, 15) is 14.7 Å². The lowest BCUT2D eigenvalue weighted by atomic mass is 10.0. The summed E-state index contributed by atoms with van der Waals surface area (Å²) in [5.74, 6) is -0.991. The number of urea groups is 1. The first-order chi connectivity index (χ1) is 8.52. The minimum atomic E-state index is -0.991. The van der Waals surface area contributed by atoms with Crippen LogP contribution in [0, 0.1) is 0 Å². The normalized spacial score (nSPS) is 30.3. The molecule has 2 heterocycles. The highest BCUT2D eigenvalue weighted by atomic mass is 16.4. The Labute approximate surface area is 106 Å². The molecule has 2 aliphatic heterocycles. The number of carbonyl (C=O) groups excluding carboxylic acids is 1. The van der Waals surface area contributed by atoms with Crippen molar-refractivity contribution in [3.63, 3.8) is 0 Å². The zero-order chi connectivity index (χ0) is 13.3. The maximum Gasteiger partial charge on any atom is 0.323 e. The Kier molecular flexibility index (Phi) is 3.75. The third-order valence-electron chi connectivity index (χ3n) is 3.91. The van der Waals surface area contributed by atoms with Crippen LogP contribution in [0.4, 0.5) is 4.79 Å². The van der Waals surface area contributed by atoms with Crippen LogP contribution in [0.1, 0.15) is 32.6 Å². The number of carboxylic acids is 1. The number of aliphatic carboxylic acids is 1. The fourth-order valence-electron chi connectivity index (χ4n) is 3.10. The predicted molar refractivity (Wildman–Crippen MR) is 64.2 cm³/mol. The number of likely N-dealkylation sites (N-methyl/N-ethyl adjacent to an activating group) is 1. The minimum Gasteiger partial charge on any atom is -0.480 e. The number of aliphatic hydroxyl groups is 1. The van der Waals surface area contributed by atoms with E-state index in [2.05, 4.69) is 0 Å². The summed E-state index contributed by atoms with van der Waals surface area (Å²) < 4.78 is 0. The maximum absolute atomic E-state index is 12.3. The third-order valence-corrected chi connectivity index (χ3v) is 3.91. The van der Waals surface area contributed by atoms with Gasteiger partial charge in [0.2, 0.25) is 0 Å². The molecule has 2 saturated heterocycles. The van der Waals surface area contributed by atoms with Gasteiger partial charge in [-0.25, -0.2) is 4.79 Å². The van der Waals surface area contributed by atoms with Crippen molar-refractivity contribution in [3.05, 3.63) is 0 Å². The Morgan fingerprint density at radius 3 is 2.28 bits per heavy atom. The van der Waals surface area contributed by atoms with Crippen LogP contribution in [0.3, 0.4) is 0 Å². The van der Waals surface area contributed by atoms with Gasteiger partial charge in [0.05, 0.1) is 6.10 Å². The van der Waals surface area contributed by atoms with E-state index < -0.39 is 5.97 Å². The predicted octanol–water partition coefficient (Wildman–Crippen LogP) is 0.501. The monoisotopic (exact) mass is 256 g/mol. The molecule has 6 nitrogen and oxygen atoms in total. The number of rotatable bonds is 3. The van der Waals surface area contributed by atoms with Crippen molar-refractivity contribution in [1.82, 2.24) is 9.80 Å². The molecule has 0 spiro atoms. The Morgan fingerprint density at radius 2 is 1.83 bits per heavy atom. The summed E-state index contributed by atoms with van der Waals surface area (Å²) in [5, 5.41) is 18.5. The van der Waals surface area contributed by atoms with Crippen LogP contribution < -0.4 is 0 Å². The van der Waals surface area contributed by atoms with Crippen molar-refractivity contribution < 1.29 is 19.8 Å². The molecule has 2 atom stereocenters. The molecule has 2 amide bonds. The summed E-state index contributed by atoms with van der Waals surface area (Å²) in [6.07, 6.45) is 2.75. The molecule has 0 saturated carbocycles. The van der Waals surface area contributed by atoms with Gasteiger partial charge in [0.1, 0.15) is 6.54 Å². The quantitative estimate of drug-likeness (QED) is 0.770. The number of piperidine rings is 1. The van der Waals surface area contributed by atoms with Crippen molar-refractivity contribution >= 4 is 12.0 Å². The Bertz CT molecular complexity index is 333. The van der Waals surface area contributed by atoms with Crippen LogP contribution in [0.2, 0.25) is 0 Å². The minimum absolute atomic E-state index is 0.0779. The lowest BCUT2D eigenvalue weighted by Gasteiger charge is -2.39. The van der Waals surface area contributed by atoms with E-state index >= 15 is 0 Å². The molecule has 2 N–H and O–H groups in total. The highest BCUT2D eigenvalue weighted by Crippen LogP contribution is 2.36. The van der Waals surface area contributed by atoms with Crippen molar-refractivity contribution in [2.24, 2.45) is 0 Å². The van der Waals surface area contributed by atoms with E-state index in [-0.39, 0.29) is 30.8 Å². The first kappa shape index (κ1) is 13.1. The van der Waals surface area contributed by atoms with Gasteiger partial charge in [-0.05, 0) is 32.6 Å². The van der Waals surface area contributed by atoms with E-state index in [4.69, 9.17) is 5.11 Å². The zero-order valence-electron chi connectivity index (χ0n) is 10.6. The summed E-state index contributed by atoms with van der Waals surface area (Å²) in [6, 6.07) is -0.0394. The number of fused-ring (bicyclic) bond motifs is 2. The highest BCUT2D eigenvalue weighted by molar-refractivity contribution is 5.81. The van der Waals surface area contributed by atoms with Crippen LogP contribution in [-0.2, 0) is 4.79 Å². The highest BCUT2D eigenvalue weighted by Gasteiger charge is 2.44. The van der Waals surface area contributed by atoms with Gasteiger partial charge in [-0.1, -0.05) is 0 Å². The average Bonchev–Trinajstić information content (AvgIpc) is 2.57. The molecule has 2 fully saturated rings. The number of aliphatic hydroxyl groups excluding tert-OH is 1. The van der Waals surface area contributed by atoms with E-state index in [1.54, 1.807) is 11.8 Å². The molecule has 0 aromatic rings. The molecular formula is C12H20N2O4. The third kappa shape index (κ3) is 2.43. The fraction of sp³-hybridized carbons (Fsp3) is 0.833. The topological polar surface area (TPSA) is 81.1 Å². The van der Waals surface area contributed by atoms with Crippen LogP contribution in [-0.4, -0.2) is 63.3 Å². The molecule has 0 aromatic carbocycles. The Hall–Kier alpha value is -1.30. The molecule has 2 unspecified atom stereocenters. The SMILES string of the molecule is CCN(CC(=O)O)C(=O)N1C2CCC1CC(O)C2. The standard InChI is InChI=1S/C12H20N2O4/c1-2-13(7-11(16)17)12(18)14-8-3-4-9(14)6-10(15)5-8/h8-10,15H,2-7H2,1H3,(H,16,17). The van der Waals surface area contributed by atoms with Gasteiger partial charge in [-0.2, -0.15) is 0 Å². The molecule has 0 radical (unpaired) electrons. The van der Waals surface area contributed by atoms with Crippen LogP contribution >= 0.6 is 0 Å². The molecule has 6 heteroatoms. The van der Waals surface area contributed by atoms with Gasteiger partial charge in [0, 0.05) is 18.6 Å². The molecule has 18 heavy (non-hydrogen) atoms. The number of amides is 2. The molecule has 0 aliphatic carbocycles. The molecule has 2 rings (SSSR count).